The van der Waals surface area contributed by atoms with Crippen LogP contribution in [0.1, 0.15) is 25.7 Å². The lowest BCUT2D eigenvalue weighted by Crippen LogP contribution is -2.48. The number of carbonyl (C=O) groups excluding carboxylic acids is 2. The molecule has 1 aliphatic rings. The van der Waals surface area contributed by atoms with Crippen LogP contribution in [0.3, 0.4) is 0 Å². The maximum atomic E-state index is 12.6. The zero-order chi connectivity index (χ0) is 17.9. The van der Waals surface area contributed by atoms with Gasteiger partial charge in [-0.15, -0.1) is 0 Å². The molecule has 0 aromatic rings. The first-order valence-electron chi connectivity index (χ1n) is 8.11. The van der Waals surface area contributed by atoms with Gasteiger partial charge in [0.2, 0.25) is 12.3 Å². The minimum absolute atomic E-state index is 0.0184. The van der Waals surface area contributed by atoms with Crippen LogP contribution >= 0.6 is 0 Å². The molecule has 1 heterocycles. The number of carbonyl (C=O) groups is 2. The van der Waals surface area contributed by atoms with Crippen molar-refractivity contribution >= 4 is 24.2 Å². The van der Waals surface area contributed by atoms with Gasteiger partial charge in [0.15, 0.2) is 11.9 Å². The molecule has 0 aromatic heterocycles. The van der Waals surface area contributed by atoms with Crippen LogP contribution in [-0.4, -0.2) is 72.8 Å². The molecule has 1 saturated heterocycles. The van der Waals surface area contributed by atoms with Crippen molar-refractivity contribution in [3.8, 4) is 0 Å². The van der Waals surface area contributed by atoms with E-state index in [1.165, 1.54) is 0 Å². The molecule has 1 atom stereocenters. The van der Waals surface area contributed by atoms with Crippen LogP contribution in [0.2, 0.25) is 0 Å². The maximum absolute atomic E-state index is 12.6. The summed E-state index contributed by atoms with van der Waals surface area (Å²) in [7, 11) is 0. The summed E-state index contributed by atoms with van der Waals surface area (Å²) in [6.07, 6.45) is 3.30. The summed E-state index contributed by atoms with van der Waals surface area (Å²) in [6, 6.07) is -0.552. The van der Waals surface area contributed by atoms with E-state index in [-0.39, 0.29) is 17.8 Å². The van der Waals surface area contributed by atoms with Crippen LogP contribution in [0.25, 0.3) is 0 Å². The van der Waals surface area contributed by atoms with Crippen LogP contribution in [-0.2, 0) is 9.59 Å². The van der Waals surface area contributed by atoms with Crippen LogP contribution in [0.5, 0.6) is 0 Å². The third-order valence-electron chi connectivity index (χ3n) is 3.95. The minimum Gasteiger partial charge on any atom is -0.370 e. The van der Waals surface area contributed by atoms with Crippen molar-refractivity contribution in [1.29, 1.82) is 10.8 Å². The highest BCUT2D eigenvalue weighted by Gasteiger charge is 2.25. The largest absolute Gasteiger partial charge is 0.370 e. The van der Waals surface area contributed by atoms with E-state index < -0.39 is 6.04 Å². The normalized spacial score (nSPS) is 16.0. The second-order valence-electron chi connectivity index (χ2n) is 5.72. The first-order valence-corrected chi connectivity index (χ1v) is 8.11. The molecule has 24 heavy (non-hydrogen) atoms. The Morgan fingerprint density at radius 1 is 1.12 bits per heavy atom. The molecule has 10 heteroatoms. The molecular weight excluding hydrogens is 312 g/mol. The second-order valence-corrected chi connectivity index (χ2v) is 5.72. The molecule has 10 nitrogen and oxygen atoms in total. The monoisotopic (exact) mass is 340 g/mol. The van der Waals surface area contributed by atoms with E-state index in [1.807, 2.05) is 0 Å². The van der Waals surface area contributed by atoms with Crippen molar-refractivity contribution in [2.45, 2.75) is 31.7 Å². The van der Waals surface area contributed by atoms with Crippen molar-refractivity contribution in [1.82, 2.24) is 20.4 Å². The van der Waals surface area contributed by atoms with E-state index in [0.29, 0.717) is 45.6 Å². The van der Waals surface area contributed by atoms with Gasteiger partial charge >= 0.3 is 0 Å². The van der Waals surface area contributed by atoms with E-state index in [1.54, 1.807) is 9.80 Å². The Morgan fingerprint density at radius 3 is 2.42 bits per heavy atom. The summed E-state index contributed by atoms with van der Waals surface area (Å²) < 4.78 is 0. The SMILES string of the molecule is N=C(N)NCCCCC(NC=O)C(=O)N1CCCN(C(=N)N)CC1. The Balaban J connectivity index is 2.48. The number of unbranched alkanes of at least 4 members (excludes halogenated alkanes) is 1. The van der Waals surface area contributed by atoms with Gasteiger partial charge in [0, 0.05) is 32.7 Å². The molecule has 0 aromatic carbocycles. The average molecular weight is 340 g/mol. The lowest BCUT2D eigenvalue weighted by Gasteiger charge is -2.26. The third-order valence-corrected chi connectivity index (χ3v) is 3.95. The van der Waals surface area contributed by atoms with Crippen molar-refractivity contribution in [3.63, 3.8) is 0 Å². The molecule has 1 fully saturated rings. The fourth-order valence-electron chi connectivity index (χ4n) is 2.66. The van der Waals surface area contributed by atoms with Crippen molar-refractivity contribution < 1.29 is 9.59 Å². The first kappa shape index (κ1) is 19.5. The average Bonchev–Trinajstić information content (AvgIpc) is 2.78. The molecule has 1 rings (SSSR count). The molecule has 0 aliphatic carbocycles. The van der Waals surface area contributed by atoms with Crippen LogP contribution in [0.15, 0.2) is 0 Å². The maximum Gasteiger partial charge on any atom is 0.245 e. The van der Waals surface area contributed by atoms with Gasteiger partial charge in [-0.25, -0.2) is 0 Å². The number of nitrogens with two attached hydrogens (primary N) is 2. The van der Waals surface area contributed by atoms with E-state index in [0.717, 1.165) is 19.3 Å². The lowest BCUT2D eigenvalue weighted by molar-refractivity contribution is -0.134. The summed E-state index contributed by atoms with van der Waals surface area (Å²) in [5.41, 5.74) is 10.7. The fraction of sp³-hybridized carbons (Fsp3) is 0.714. The predicted molar refractivity (Wildman–Crippen MR) is 91.4 cm³/mol. The summed E-state index contributed by atoms with van der Waals surface area (Å²) in [4.78, 5) is 26.9. The Labute approximate surface area is 141 Å². The summed E-state index contributed by atoms with van der Waals surface area (Å²) in [5, 5.41) is 19.9. The third kappa shape index (κ3) is 6.71. The molecule has 1 unspecified atom stereocenters. The van der Waals surface area contributed by atoms with Gasteiger partial charge in [-0.05, 0) is 25.7 Å². The standard InChI is InChI=1S/C14H28N8O2/c15-13(16)19-5-2-1-4-11(20-10-23)12(24)21-6-3-7-22(9-8-21)14(17)18/h10-11H,1-9H2,(H3,17,18)(H,20,23)(H4,15,16,19). The van der Waals surface area contributed by atoms with Crippen LogP contribution in [0.4, 0.5) is 0 Å². The highest BCUT2D eigenvalue weighted by atomic mass is 16.2. The number of amides is 2. The molecule has 0 spiro atoms. The van der Waals surface area contributed by atoms with E-state index in [4.69, 9.17) is 22.3 Å². The fourth-order valence-corrected chi connectivity index (χ4v) is 2.66. The minimum atomic E-state index is -0.552. The van der Waals surface area contributed by atoms with Gasteiger partial charge in [-0.1, -0.05) is 0 Å². The quantitative estimate of drug-likeness (QED) is 0.132. The Hall–Kier alpha value is -2.52. The number of hydrogen-bond acceptors (Lipinski definition) is 4. The zero-order valence-electron chi connectivity index (χ0n) is 13.9. The number of guanidine groups is 2. The molecule has 1 aliphatic heterocycles. The molecule has 0 radical (unpaired) electrons. The van der Waals surface area contributed by atoms with E-state index in [9.17, 15) is 9.59 Å². The first-order chi connectivity index (χ1) is 11.5. The van der Waals surface area contributed by atoms with Gasteiger partial charge < -0.3 is 31.9 Å². The van der Waals surface area contributed by atoms with Crippen molar-refractivity contribution in [2.75, 3.05) is 32.7 Å². The Morgan fingerprint density at radius 2 is 1.79 bits per heavy atom. The number of nitrogens with one attached hydrogen (secondary N) is 4. The number of rotatable bonds is 8. The summed E-state index contributed by atoms with van der Waals surface area (Å²) in [6.45, 7) is 2.82. The molecule has 0 saturated carbocycles. The van der Waals surface area contributed by atoms with E-state index >= 15 is 0 Å². The molecular formula is C14H28N8O2. The van der Waals surface area contributed by atoms with E-state index in [2.05, 4.69) is 10.6 Å². The lowest BCUT2D eigenvalue weighted by atomic mass is 10.1. The highest BCUT2D eigenvalue weighted by molar-refractivity contribution is 5.84. The van der Waals surface area contributed by atoms with Gasteiger partial charge in [0.05, 0.1) is 0 Å². The van der Waals surface area contributed by atoms with Crippen LogP contribution < -0.4 is 22.1 Å². The zero-order valence-corrected chi connectivity index (χ0v) is 13.9. The van der Waals surface area contributed by atoms with Crippen molar-refractivity contribution in [2.24, 2.45) is 11.5 Å². The molecule has 136 valence electrons. The Kier molecular flexibility index (Phi) is 8.37. The molecule has 8 N–H and O–H groups in total. The van der Waals surface area contributed by atoms with Gasteiger partial charge in [0.25, 0.3) is 0 Å². The van der Waals surface area contributed by atoms with Gasteiger partial charge in [-0.3, -0.25) is 20.4 Å². The van der Waals surface area contributed by atoms with Gasteiger partial charge in [-0.2, -0.15) is 0 Å². The second kappa shape index (κ2) is 10.3. The van der Waals surface area contributed by atoms with Crippen LogP contribution in [0, 0.1) is 10.8 Å². The molecule has 2 amide bonds. The number of nitrogens with zero attached hydrogens (tertiary/aromatic N) is 2. The molecule has 0 bridgehead atoms. The number of hydrogen-bond donors (Lipinski definition) is 6. The smallest absolute Gasteiger partial charge is 0.245 e. The Bertz CT molecular complexity index is 456. The summed E-state index contributed by atoms with van der Waals surface area (Å²) >= 11 is 0. The highest BCUT2D eigenvalue weighted by Crippen LogP contribution is 2.09. The summed E-state index contributed by atoms with van der Waals surface area (Å²) in [5.74, 6) is -0.162. The van der Waals surface area contributed by atoms with Crippen molar-refractivity contribution in [3.05, 3.63) is 0 Å². The topological polar surface area (TPSA) is 164 Å². The predicted octanol–water partition coefficient (Wildman–Crippen LogP) is -1.82. The van der Waals surface area contributed by atoms with Gasteiger partial charge in [0.1, 0.15) is 6.04 Å².